The van der Waals surface area contributed by atoms with E-state index in [2.05, 4.69) is 23.8 Å². The Kier molecular flexibility index (Phi) is 4.12. The van der Waals surface area contributed by atoms with Crippen molar-refractivity contribution in [2.24, 2.45) is 0 Å². The molecule has 1 aromatic heterocycles. The van der Waals surface area contributed by atoms with Crippen molar-refractivity contribution in [2.75, 3.05) is 0 Å². The van der Waals surface area contributed by atoms with Crippen LogP contribution in [0.1, 0.15) is 19.8 Å². The van der Waals surface area contributed by atoms with E-state index in [0.717, 1.165) is 15.0 Å². The average molecular weight is 219 g/mol. The van der Waals surface area contributed by atoms with Crippen LogP contribution in [0.2, 0.25) is 5.32 Å². The molecule has 0 aromatic carbocycles. The normalized spacial score (nSPS) is 10.1. The number of hydrogen-bond acceptors (Lipinski definition) is 1. The molecule has 0 aliphatic carbocycles. The van der Waals surface area contributed by atoms with Crippen LogP contribution in [0.4, 0.5) is 0 Å². The van der Waals surface area contributed by atoms with Crippen molar-refractivity contribution in [3.05, 3.63) is 16.8 Å². The summed E-state index contributed by atoms with van der Waals surface area (Å²) in [6.07, 6.45) is 2.74. The summed E-state index contributed by atoms with van der Waals surface area (Å²) in [7, 11) is 0. The molecule has 0 aliphatic rings. The van der Waals surface area contributed by atoms with Gasteiger partial charge in [0.1, 0.15) is 0 Å². The van der Waals surface area contributed by atoms with Gasteiger partial charge in [0.25, 0.3) is 0 Å². The van der Waals surface area contributed by atoms with Gasteiger partial charge in [-0.25, -0.2) is 0 Å². The van der Waals surface area contributed by atoms with Crippen LogP contribution in [0.3, 0.4) is 0 Å². The molecular weight excluding hydrogens is 207 g/mol. The Hall–Kier alpha value is 0.219. The van der Waals surface area contributed by atoms with Crippen LogP contribution >= 0.6 is 11.3 Å². The van der Waals surface area contributed by atoms with Gasteiger partial charge in [-0.05, 0) is 0 Å². The molecule has 0 unspecified atom stereocenters. The number of rotatable bonds is 4. The molecule has 10 heavy (non-hydrogen) atoms. The van der Waals surface area contributed by atoms with Crippen molar-refractivity contribution >= 4 is 30.8 Å². The standard InChI is InChI=1S/C8H12SSe/c1-2-3-6-10-8-4-5-9-7-8/h4-5,7H,2-3,6H2,1H3. The van der Waals surface area contributed by atoms with Gasteiger partial charge in [0.15, 0.2) is 0 Å². The molecule has 0 amide bonds. The molecule has 0 radical (unpaired) electrons. The summed E-state index contributed by atoms with van der Waals surface area (Å²) in [5, 5.41) is 5.86. The van der Waals surface area contributed by atoms with Crippen molar-refractivity contribution in [2.45, 2.75) is 25.1 Å². The van der Waals surface area contributed by atoms with Crippen LogP contribution in [0.5, 0.6) is 0 Å². The molecule has 1 rings (SSSR count). The zero-order valence-corrected chi connectivity index (χ0v) is 8.70. The summed E-state index contributed by atoms with van der Waals surface area (Å²) in [4.78, 5) is 0. The van der Waals surface area contributed by atoms with Crippen molar-refractivity contribution < 1.29 is 0 Å². The number of hydrogen-bond donors (Lipinski definition) is 0. The van der Waals surface area contributed by atoms with E-state index in [1.807, 2.05) is 11.3 Å². The molecule has 0 atom stereocenters. The van der Waals surface area contributed by atoms with Gasteiger partial charge in [-0.3, -0.25) is 0 Å². The zero-order chi connectivity index (χ0) is 7.23. The van der Waals surface area contributed by atoms with Crippen molar-refractivity contribution in [1.82, 2.24) is 0 Å². The molecule has 0 spiro atoms. The summed E-state index contributed by atoms with van der Waals surface area (Å²) >= 11 is 2.57. The molecule has 56 valence electrons. The first-order valence-electron chi connectivity index (χ1n) is 3.58. The van der Waals surface area contributed by atoms with Crippen LogP contribution in [0, 0.1) is 0 Å². The second kappa shape index (κ2) is 4.95. The Morgan fingerprint density at radius 2 is 2.50 bits per heavy atom. The fraction of sp³-hybridized carbons (Fsp3) is 0.500. The Labute approximate surface area is 72.8 Å². The monoisotopic (exact) mass is 220 g/mol. The van der Waals surface area contributed by atoms with Gasteiger partial charge in [-0.1, -0.05) is 0 Å². The van der Waals surface area contributed by atoms with Crippen LogP contribution in [-0.2, 0) is 0 Å². The summed E-state index contributed by atoms with van der Waals surface area (Å²) in [5.41, 5.74) is 0. The molecule has 0 fully saturated rings. The quantitative estimate of drug-likeness (QED) is 0.538. The first-order valence-corrected chi connectivity index (χ1v) is 6.59. The molecule has 0 saturated carbocycles. The van der Waals surface area contributed by atoms with E-state index in [9.17, 15) is 0 Å². The van der Waals surface area contributed by atoms with Crippen molar-refractivity contribution in [1.29, 1.82) is 0 Å². The predicted octanol–water partition coefficient (Wildman–Crippen LogP) is 2.30. The van der Waals surface area contributed by atoms with Crippen LogP contribution in [0.25, 0.3) is 0 Å². The fourth-order valence-corrected chi connectivity index (χ4v) is 3.97. The molecule has 0 saturated heterocycles. The molecule has 1 heterocycles. The van der Waals surface area contributed by atoms with E-state index >= 15 is 0 Å². The van der Waals surface area contributed by atoms with Gasteiger partial charge in [-0.2, -0.15) is 0 Å². The van der Waals surface area contributed by atoms with Gasteiger partial charge in [0.05, 0.1) is 0 Å². The molecule has 0 bridgehead atoms. The number of thiophene rings is 1. The van der Waals surface area contributed by atoms with E-state index in [0.29, 0.717) is 0 Å². The molecule has 2 heteroatoms. The third-order valence-corrected chi connectivity index (χ3v) is 4.55. The topological polar surface area (TPSA) is 0 Å². The Morgan fingerprint density at radius 3 is 3.10 bits per heavy atom. The first kappa shape index (κ1) is 8.32. The predicted molar refractivity (Wildman–Crippen MR) is 49.4 cm³/mol. The maximum atomic E-state index is 2.27. The zero-order valence-electron chi connectivity index (χ0n) is 6.17. The minimum atomic E-state index is 0.760. The van der Waals surface area contributed by atoms with Crippen LogP contribution < -0.4 is 4.46 Å². The summed E-state index contributed by atoms with van der Waals surface area (Å²) in [6, 6.07) is 2.25. The summed E-state index contributed by atoms with van der Waals surface area (Å²) in [6.45, 7) is 2.25. The van der Waals surface area contributed by atoms with E-state index in [4.69, 9.17) is 0 Å². The molecular formula is C8H12SSe. The van der Waals surface area contributed by atoms with Gasteiger partial charge in [0.2, 0.25) is 0 Å². The summed E-state index contributed by atoms with van der Waals surface area (Å²) in [5.74, 6) is 0. The Balaban J connectivity index is 2.15. The van der Waals surface area contributed by atoms with Gasteiger partial charge < -0.3 is 0 Å². The van der Waals surface area contributed by atoms with Crippen LogP contribution in [0.15, 0.2) is 16.8 Å². The van der Waals surface area contributed by atoms with E-state index in [1.165, 1.54) is 18.2 Å². The summed E-state index contributed by atoms with van der Waals surface area (Å²) < 4.78 is 1.57. The van der Waals surface area contributed by atoms with E-state index < -0.39 is 0 Å². The number of unbranched alkanes of at least 4 members (excludes halogenated alkanes) is 1. The van der Waals surface area contributed by atoms with Crippen molar-refractivity contribution in [3.63, 3.8) is 0 Å². The SMILES string of the molecule is CCCC[Se]c1ccsc1. The Bertz CT molecular complexity index is 158. The molecule has 0 aliphatic heterocycles. The van der Waals surface area contributed by atoms with Gasteiger partial charge in [-0.15, -0.1) is 0 Å². The van der Waals surface area contributed by atoms with E-state index in [1.54, 1.807) is 4.46 Å². The Morgan fingerprint density at radius 1 is 1.60 bits per heavy atom. The average Bonchev–Trinajstić information content (AvgIpc) is 2.41. The van der Waals surface area contributed by atoms with E-state index in [-0.39, 0.29) is 0 Å². The van der Waals surface area contributed by atoms with Gasteiger partial charge >= 0.3 is 72.7 Å². The van der Waals surface area contributed by atoms with Crippen molar-refractivity contribution in [3.8, 4) is 0 Å². The van der Waals surface area contributed by atoms with Crippen LogP contribution in [-0.4, -0.2) is 15.0 Å². The second-order valence-electron chi connectivity index (χ2n) is 2.16. The molecule has 1 aromatic rings. The third kappa shape index (κ3) is 2.87. The third-order valence-electron chi connectivity index (χ3n) is 1.26. The first-order chi connectivity index (χ1) is 4.93. The molecule has 0 nitrogen and oxygen atoms in total. The molecule has 0 N–H and O–H groups in total. The van der Waals surface area contributed by atoms with Gasteiger partial charge in [0, 0.05) is 0 Å². The fourth-order valence-electron chi connectivity index (χ4n) is 0.668. The minimum absolute atomic E-state index is 0.760. The second-order valence-corrected chi connectivity index (χ2v) is 5.39. The maximum absolute atomic E-state index is 2.27.